The molecule has 20 heavy (non-hydrogen) atoms. The first kappa shape index (κ1) is 15.4. The van der Waals surface area contributed by atoms with Crippen molar-refractivity contribution < 1.29 is 9.31 Å². The first-order chi connectivity index (χ1) is 9.52. The van der Waals surface area contributed by atoms with Gasteiger partial charge in [-0.1, -0.05) is 12.8 Å². The average Bonchev–Trinajstić information content (AvgIpc) is 2.93. The van der Waals surface area contributed by atoms with E-state index in [-0.39, 0.29) is 21.0 Å². The van der Waals surface area contributed by atoms with E-state index in [2.05, 4.69) is 5.32 Å². The van der Waals surface area contributed by atoms with E-state index < -0.39 is 10.7 Å². The van der Waals surface area contributed by atoms with Crippen molar-refractivity contribution in [3.05, 3.63) is 31.6 Å². The van der Waals surface area contributed by atoms with Crippen LogP contribution in [0, 0.1) is 25.4 Å². The van der Waals surface area contributed by atoms with E-state index in [1.54, 1.807) is 22.6 Å². The van der Waals surface area contributed by atoms with Gasteiger partial charge in [0.25, 0.3) is 5.69 Å². The van der Waals surface area contributed by atoms with Crippen LogP contribution >= 0.6 is 22.6 Å². The van der Waals surface area contributed by atoms with Crippen LogP contribution in [0.2, 0.25) is 0 Å². The second-order valence-electron chi connectivity index (χ2n) is 5.07. The molecule has 1 aromatic carbocycles. The minimum atomic E-state index is -0.494. The fourth-order valence-electron chi connectivity index (χ4n) is 2.73. The third kappa shape index (κ3) is 3.38. The van der Waals surface area contributed by atoms with Crippen molar-refractivity contribution >= 4 is 34.0 Å². The minimum absolute atomic E-state index is 0.0457. The van der Waals surface area contributed by atoms with E-state index in [0.29, 0.717) is 12.5 Å². The molecule has 0 aromatic heterocycles. The zero-order valence-electron chi connectivity index (χ0n) is 10.9. The van der Waals surface area contributed by atoms with Gasteiger partial charge in [-0.25, -0.2) is 4.39 Å². The number of hydrogen-bond donors (Lipinski definition) is 2. The molecule has 0 bridgehead atoms. The molecular formula is C13H17FIN3O2. The molecule has 110 valence electrons. The third-order valence-corrected chi connectivity index (χ3v) is 4.63. The SMILES string of the molecule is NCC(Nc1cc(F)c(I)cc1[N+](=O)[O-])C1CCCC1. The molecule has 1 atom stereocenters. The molecule has 1 fully saturated rings. The van der Waals surface area contributed by atoms with Gasteiger partial charge in [-0.15, -0.1) is 0 Å². The van der Waals surface area contributed by atoms with Gasteiger partial charge in [0.15, 0.2) is 0 Å². The second kappa shape index (κ2) is 6.66. The lowest BCUT2D eigenvalue weighted by atomic mass is 9.98. The van der Waals surface area contributed by atoms with Crippen molar-refractivity contribution in [1.82, 2.24) is 0 Å². The molecule has 3 N–H and O–H groups in total. The highest BCUT2D eigenvalue weighted by Crippen LogP contribution is 2.33. The number of nitrogens with two attached hydrogens (primary N) is 1. The molecule has 0 saturated heterocycles. The maximum Gasteiger partial charge on any atom is 0.293 e. The van der Waals surface area contributed by atoms with Crippen LogP contribution in [-0.4, -0.2) is 17.5 Å². The highest BCUT2D eigenvalue weighted by atomic mass is 127. The molecule has 7 heteroatoms. The summed E-state index contributed by atoms with van der Waals surface area (Å²) >= 11 is 1.75. The van der Waals surface area contributed by atoms with Crippen molar-refractivity contribution in [2.24, 2.45) is 11.7 Å². The Morgan fingerprint density at radius 3 is 2.70 bits per heavy atom. The molecule has 0 heterocycles. The molecule has 1 aliphatic carbocycles. The van der Waals surface area contributed by atoms with Crippen molar-refractivity contribution in [2.45, 2.75) is 31.7 Å². The lowest BCUT2D eigenvalue weighted by Gasteiger charge is -2.24. The summed E-state index contributed by atoms with van der Waals surface area (Å²) in [4.78, 5) is 10.6. The fourth-order valence-corrected chi connectivity index (χ4v) is 3.18. The number of hydrogen-bond acceptors (Lipinski definition) is 4. The van der Waals surface area contributed by atoms with E-state index in [0.717, 1.165) is 25.7 Å². The Balaban J connectivity index is 2.26. The molecule has 0 amide bonds. The molecular weight excluding hydrogens is 376 g/mol. The number of benzene rings is 1. The monoisotopic (exact) mass is 393 g/mol. The summed E-state index contributed by atoms with van der Waals surface area (Å²) in [6, 6.07) is 2.40. The predicted molar refractivity (Wildman–Crippen MR) is 84.2 cm³/mol. The van der Waals surface area contributed by atoms with Crippen LogP contribution in [0.3, 0.4) is 0 Å². The average molecular weight is 393 g/mol. The summed E-state index contributed by atoms with van der Waals surface area (Å²) < 4.78 is 13.9. The van der Waals surface area contributed by atoms with Crippen LogP contribution < -0.4 is 11.1 Å². The number of rotatable bonds is 5. The van der Waals surface area contributed by atoms with Gasteiger partial charge in [-0.3, -0.25) is 10.1 Å². The van der Waals surface area contributed by atoms with Crippen molar-refractivity contribution in [3.63, 3.8) is 0 Å². The summed E-state index contributed by atoms with van der Waals surface area (Å²) in [6.45, 7) is 0.384. The lowest BCUT2D eigenvalue weighted by molar-refractivity contribution is -0.384. The first-order valence-electron chi connectivity index (χ1n) is 6.63. The second-order valence-corrected chi connectivity index (χ2v) is 6.23. The van der Waals surface area contributed by atoms with Crippen LogP contribution in [0.5, 0.6) is 0 Å². The molecule has 5 nitrogen and oxygen atoms in total. The van der Waals surface area contributed by atoms with Crippen LogP contribution in [0.15, 0.2) is 12.1 Å². The summed E-state index contributed by atoms with van der Waals surface area (Å²) in [5, 5.41) is 14.2. The number of nitro groups is 1. The Labute approximate surface area is 130 Å². The number of anilines is 1. The van der Waals surface area contributed by atoms with Gasteiger partial charge >= 0.3 is 0 Å². The van der Waals surface area contributed by atoms with E-state index in [1.807, 2.05) is 0 Å². The fraction of sp³-hybridized carbons (Fsp3) is 0.538. The van der Waals surface area contributed by atoms with Gasteiger partial charge < -0.3 is 11.1 Å². The van der Waals surface area contributed by atoms with E-state index >= 15 is 0 Å². The number of nitro benzene ring substituents is 1. The van der Waals surface area contributed by atoms with Crippen molar-refractivity contribution in [2.75, 3.05) is 11.9 Å². The zero-order valence-corrected chi connectivity index (χ0v) is 13.1. The Morgan fingerprint density at radius 2 is 2.15 bits per heavy atom. The first-order valence-corrected chi connectivity index (χ1v) is 7.71. The number of nitrogens with one attached hydrogen (secondary N) is 1. The molecule has 0 radical (unpaired) electrons. The Bertz CT molecular complexity index is 507. The van der Waals surface area contributed by atoms with Crippen molar-refractivity contribution in [1.29, 1.82) is 0 Å². The molecule has 1 aromatic rings. The summed E-state index contributed by atoms with van der Waals surface area (Å²) in [5.41, 5.74) is 5.88. The van der Waals surface area contributed by atoms with Gasteiger partial charge in [0.05, 0.1) is 8.49 Å². The molecule has 1 aliphatic rings. The van der Waals surface area contributed by atoms with Gasteiger partial charge in [-0.2, -0.15) is 0 Å². The summed E-state index contributed by atoms with van der Waals surface area (Å²) in [5.74, 6) is -0.0529. The normalized spacial score (nSPS) is 17.1. The van der Waals surface area contributed by atoms with Gasteiger partial charge in [0.1, 0.15) is 11.5 Å². The highest BCUT2D eigenvalue weighted by Gasteiger charge is 2.26. The molecule has 1 saturated carbocycles. The molecule has 2 rings (SSSR count). The summed E-state index contributed by atoms with van der Waals surface area (Å²) in [7, 11) is 0. The maximum absolute atomic E-state index is 13.7. The predicted octanol–water partition coefficient (Wildman–Crippen LogP) is 3.27. The summed E-state index contributed by atoms with van der Waals surface area (Å²) in [6.07, 6.45) is 4.45. The molecule has 0 aliphatic heterocycles. The highest BCUT2D eigenvalue weighted by molar-refractivity contribution is 14.1. The zero-order chi connectivity index (χ0) is 14.7. The third-order valence-electron chi connectivity index (χ3n) is 3.80. The standard InChI is InChI=1S/C13H17FIN3O2/c14-9-5-11(13(18(19)20)6-10(9)15)17-12(7-16)8-3-1-2-4-8/h5-6,8,12,17H,1-4,7,16H2. The molecule has 1 unspecified atom stereocenters. The Morgan fingerprint density at radius 1 is 1.50 bits per heavy atom. The van der Waals surface area contributed by atoms with Crippen LogP contribution in [0.4, 0.5) is 15.8 Å². The van der Waals surface area contributed by atoms with Gasteiger partial charge in [-0.05, 0) is 41.4 Å². The number of halogens is 2. The van der Waals surface area contributed by atoms with Crippen LogP contribution in [0.25, 0.3) is 0 Å². The van der Waals surface area contributed by atoms with E-state index in [9.17, 15) is 14.5 Å². The van der Waals surface area contributed by atoms with Crippen molar-refractivity contribution in [3.8, 4) is 0 Å². The van der Waals surface area contributed by atoms with E-state index in [1.165, 1.54) is 12.1 Å². The Hall–Kier alpha value is -0.960. The Kier molecular flexibility index (Phi) is 5.14. The largest absolute Gasteiger partial charge is 0.375 e. The smallest absolute Gasteiger partial charge is 0.293 e. The van der Waals surface area contributed by atoms with Gasteiger partial charge in [0, 0.05) is 24.7 Å². The quantitative estimate of drug-likeness (QED) is 0.457. The molecule has 0 spiro atoms. The van der Waals surface area contributed by atoms with E-state index in [4.69, 9.17) is 5.73 Å². The van der Waals surface area contributed by atoms with Crippen LogP contribution in [0.1, 0.15) is 25.7 Å². The topological polar surface area (TPSA) is 81.2 Å². The minimum Gasteiger partial charge on any atom is -0.375 e. The maximum atomic E-state index is 13.7. The van der Waals surface area contributed by atoms with Gasteiger partial charge in [0.2, 0.25) is 0 Å². The number of nitrogens with zero attached hydrogens (tertiary/aromatic N) is 1. The lowest BCUT2D eigenvalue weighted by Crippen LogP contribution is -2.35. The van der Waals surface area contributed by atoms with Crippen LogP contribution in [-0.2, 0) is 0 Å².